The van der Waals surface area contributed by atoms with E-state index < -0.39 is 14.9 Å². The number of hydrogen-bond acceptors (Lipinski definition) is 7. The van der Waals surface area contributed by atoms with Crippen LogP contribution in [0.1, 0.15) is 29.1 Å². The van der Waals surface area contributed by atoms with Gasteiger partial charge in [0.2, 0.25) is 0 Å². The van der Waals surface area contributed by atoms with Gasteiger partial charge in [-0.3, -0.25) is 19.6 Å². The molecule has 0 aliphatic heterocycles. The number of hydrogen-bond donors (Lipinski definition) is 1. The number of nitro benzene ring substituents is 1. The predicted molar refractivity (Wildman–Crippen MR) is 116 cm³/mol. The minimum absolute atomic E-state index is 0.128. The Kier molecular flexibility index (Phi) is 6.04. The second kappa shape index (κ2) is 8.36. The number of anilines is 1. The first-order chi connectivity index (χ1) is 14.2. The molecule has 0 saturated heterocycles. The first-order valence-corrected chi connectivity index (χ1v) is 11.4. The fraction of sp³-hybridized carbons (Fsp3) is 0.263. The van der Waals surface area contributed by atoms with Crippen LogP contribution in [0.3, 0.4) is 0 Å². The highest BCUT2D eigenvalue weighted by Crippen LogP contribution is 2.37. The lowest BCUT2D eigenvalue weighted by Gasteiger charge is -2.19. The zero-order valence-corrected chi connectivity index (χ0v) is 18.2. The van der Waals surface area contributed by atoms with Crippen LogP contribution in [0.4, 0.5) is 11.4 Å². The molecule has 0 atom stereocenters. The molecule has 11 heteroatoms. The van der Waals surface area contributed by atoms with Crippen LogP contribution in [0.2, 0.25) is 0 Å². The van der Waals surface area contributed by atoms with Crippen LogP contribution in [-0.2, 0) is 10.0 Å². The van der Waals surface area contributed by atoms with Crippen molar-refractivity contribution in [1.29, 1.82) is 0 Å². The molecule has 3 rings (SSSR count). The van der Waals surface area contributed by atoms with Gasteiger partial charge in [0.1, 0.15) is 9.71 Å². The van der Waals surface area contributed by atoms with E-state index in [0.29, 0.717) is 28.9 Å². The van der Waals surface area contributed by atoms with Gasteiger partial charge in [-0.05, 0) is 39.0 Å². The Balaban J connectivity index is 2.13. The number of aromatic nitrogens is 1. The van der Waals surface area contributed by atoms with Crippen LogP contribution in [0.5, 0.6) is 0 Å². The van der Waals surface area contributed by atoms with Crippen molar-refractivity contribution >= 4 is 48.9 Å². The van der Waals surface area contributed by atoms with Crippen LogP contribution in [0.25, 0.3) is 10.2 Å². The van der Waals surface area contributed by atoms with E-state index in [-0.39, 0.29) is 27.1 Å². The zero-order valence-electron chi connectivity index (χ0n) is 16.6. The van der Waals surface area contributed by atoms with Gasteiger partial charge >= 0.3 is 0 Å². The summed E-state index contributed by atoms with van der Waals surface area (Å²) in [6.07, 6.45) is 1.56. The van der Waals surface area contributed by atoms with Gasteiger partial charge in [-0.15, -0.1) is 11.3 Å². The molecule has 30 heavy (non-hydrogen) atoms. The van der Waals surface area contributed by atoms with Crippen molar-refractivity contribution < 1.29 is 18.1 Å². The molecule has 0 radical (unpaired) electrons. The maximum Gasteiger partial charge on any atom is 0.273 e. The number of rotatable bonds is 7. The van der Waals surface area contributed by atoms with Crippen molar-refractivity contribution in [2.75, 3.05) is 17.8 Å². The van der Waals surface area contributed by atoms with Gasteiger partial charge in [0.05, 0.1) is 15.5 Å². The molecule has 0 unspecified atom stereocenters. The van der Waals surface area contributed by atoms with Crippen LogP contribution in [0, 0.1) is 17.0 Å². The summed E-state index contributed by atoms with van der Waals surface area (Å²) >= 11 is 1.10. The lowest BCUT2D eigenvalue weighted by Crippen LogP contribution is -2.30. The van der Waals surface area contributed by atoms with Crippen molar-refractivity contribution in [3.63, 3.8) is 0 Å². The molecule has 0 spiro atoms. The Morgan fingerprint density at radius 1 is 1.27 bits per heavy atom. The summed E-state index contributed by atoms with van der Waals surface area (Å²) in [5.74, 6) is -0.310. The van der Waals surface area contributed by atoms with E-state index in [2.05, 4.69) is 9.71 Å². The molecule has 158 valence electrons. The third kappa shape index (κ3) is 3.98. The zero-order chi connectivity index (χ0) is 22.1. The van der Waals surface area contributed by atoms with Gasteiger partial charge in [0.15, 0.2) is 0 Å². The maximum atomic E-state index is 13.0. The molecule has 0 saturated carbocycles. The summed E-state index contributed by atoms with van der Waals surface area (Å²) in [5, 5.41) is 11.7. The number of nitrogens with one attached hydrogen (secondary N) is 1. The average Bonchev–Trinajstić information content (AvgIpc) is 3.06. The van der Waals surface area contributed by atoms with Gasteiger partial charge in [-0.2, -0.15) is 0 Å². The monoisotopic (exact) mass is 448 g/mol. The minimum atomic E-state index is -4.19. The molecule has 1 N–H and O–H groups in total. The van der Waals surface area contributed by atoms with Gasteiger partial charge < -0.3 is 4.90 Å². The van der Waals surface area contributed by atoms with E-state index in [1.807, 2.05) is 13.8 Å². The molecular weight excluding hydrogens is 428 g/mol. The van der Waals surface area contributed by atoms with Crippen molar-refractivity contribution in [3.05, 3.63) is 57.1 Å². The van der Waals surface area contributed by atoms with Crippen LogP contribution in [0.15, 0.2) is 41.4 Å². The molecule has 0 aliphatic rings. The largest absolute Gasteiger partial charge is 0.338 e. The predicted octanol–water partition coefficient (Wildman–Crippen LogP) is 3.80. The first-order valence-electron chi connectivity index (χ1n) is 9.14. The Labute approximate surface area is 177 Å². The lowest BCUT2D eigenvalue weighted by atomic mass is 10.2. The summed E-state index contributed by atoms with van der Waals surface area (Å²) in [7, 11) is -4.19. The summed E-state index contributed by atoms with van der Waals surface area (Å²) in [6, 6.07) is 7.00. The van der Waals surface area contributed by atoms with Crippen molar-refractivity contribution in [1.82, 2.24) is 9.88 Å². The van der Waals surface area contributed by atoms with Gasteiger partial charge in [-0.1, -0.05) is 6.07 Å². The first kappa shape index (κ1) is 21.7. The molecule has 1 amide bonds. The number of amides is 1. The lowest BCUT2D eigenvalue weighted by molar-refractivity contribution is -0.385. The van der Waals surface area contributed by atoms with E-state index in [1.165, 1.54) is 19.1 Å². The van der Waals surface area contributed by atoms with Crippen LogP contribution < -0.4 is 4.72 Å². The minimum Gasteiger partial charge on any atom is -0.338 e. The number of pyridine rings is 1. The topological polar surface area (TPSA) is 123 Å². The summed E-state index contributed by atoms with van der Waals surface area (Å²) < 4.78 is 28.5. The van der Waals surface area contributed by atoms with E-state index in [1.54, 1.807) is 23.2 Å². The number of carbonyl (C=O) groups is 1. The molecule has 9 nitrogen and oxygen atoms in total. The number of fused-ring (bicyclic) bond motifs is 1. The number of thiophene rings is 1. The fourth-order valence-electron chi connectivity index (χ4n) is 2.99. The van der Waals surface area contributed by atoms with Crippen molar-refractivity contribution in [2.24, 2.45) is 0 Å². The van der Waals surface area contributed by atoms with Crippen LogP contribution >= 0.6 is 11.3 Å². The van der Waals surface area contributed by atoms with Crippen molar-refractivity contribution in [3.8, 4) is 0 Å². The maximum absolute atomic E-state index is 13.0. The number of sulfonamides is 1. The molecule has 0 aliphatic carbocycles. The normalized spacial score (nSPS) is 11.4. The third-order valence-electron chi connectivity index (χ3n) is 4.64. The molecule has 3 aromatic rings. The fourth-order valence-corrected chi connectivity index (χ4v) is 5.23. The molecule has 1 aromatic carbocycles. The number of nitro groups is 1. The Morgan fingerprint density at radius 3 is 2.60 bits per heavy atom. The SMILES string of the molecule is CCN(CC)C(=O)c1sc2ncccc2c1NS(=O)(=O)c1ccc(C)c([N+](=O)[O-])c1. The highest BCUT2D eigenvalue weighted by atomic mass is 32.2. The Hall–Kier alpha value is -3.05. The molecule has 0 bridgehead atoms. The van der Waals surface area contributed by atoms with Gasteiger partial charge in [0, 0.05) is 36.3 Å². The number of carbonyl (C=O) groups excluding carboxylic acids is 1. The molecule has 2 aromatic heterocycles. The van der Waals surface area contributed by atoms with E-state index >= 15 is 0 Å². The smallest absolute Gasteiger partial charge is 0.273 e. The third-order valence-corrected chi connectivity index (χ3v) is 7.08. The Morgan fingerprint density at radius 2 is 1.97 bits per heavy atom. The molecule has 0 fully saturated rings. The molecule has 2 heterocycles. The summed E-state index contributed by atoms with van der Waals surface area (Å²) in [6.45, 7) is 6.13. The van der Waals surface area contributed by atoms with Gasteiger partial charge in [-0.25, -0.2) is 13.4 Å². The average molecular weight is 449 g/mol. The number of nitrogens with zero attached hydrogens (tertiary/aromatic N) is 3. The summed E-state index contributed by atoms with van der Waals surface area (Å²) in [5.41, 5.74) is 0.180. The molecular formula is C19H20N4O5S2. The van der Waals surface area contributed by atoms with E-state index in [0.717, 1.165) is 17.4 Å². The highest BCUT2D eigenvalue weighted by molar-refractivity contribution is 7.92. The Bertz CT molecular complexity index is 1230. The standard InChI is InChI=1S/C19H20N4O5S2/c1-4-22(5-2)19(24)17-16(14-7-6-10-20-18(14)29-17)21-30(27,28)13-9-8-12(3)15(11-13)23(25)26/h6-11,21H,4-5H2,1-3H3. The highest BCUT2D eigenvalue weighted by Gasteiger charge is 2.27. The summed E-state index contributed by atoms with van der Waals surface area (Å²) in [4.78, 5) is 29.9. The quantitative estimate of drug-likeness (QED) is 0.433. The number of aryl methyl sites for hydroxylation is 1. The second-order valence-electron chi connectivity index (χ2n) is 6.45. The number of benzene rings is 1. The van der Waals surface area contributed by atoms with Crippen LogP contribution in [-0.4, -0.2) is 42.2 Å². The van der Waals surface area contributed by atoms with E-state index in [4.69, 9.17) is 0 Å². The van der Waals surface area contributed by atoms with Crippen molar-refractivity contribution in [2.45, 2.75) is 25.7 Å². The second-order valence-corrected chi connectivity index (χ2v) is 9.13. The van der Waals surface area contributed by atoms with E-state index in [9.17, 15) is 23.3 Å². The van der Waals surface area contributed by atoms with Gasteiger partial charge in [0.25, 0.3) is 21.6 Å².